The van der Waals surface area contributed by atoms with Gasteiger partial charge in [0.25, 0.3) is 5.91 Å². The number of hydrogen-bond donors (Lipinski definition) is 1. The number of carbonyl (C=O) groups excluding carboxylic acids is 1. The second-order valence-electron chi connectivity index (χ2n) is 6.13. The normalized spacial score (nSPS) is 16.0. The molecule has 1 aliphatic rings. The van der Waals surface area contributed by atoms with E-state index in [-0.39, 0.29) is 21.6 Å². The van der Waals surface area contributed by atoms with Crippen LogP contribution in [0.4, 0.5) is 4.39 Å². The zero-order valence-corrected chi connectivity index (χ0v) is 16.2. The van der Waals surface area contributed by atoms with E-state index in [9.17, 15) is 17.6 Å². The third-order valence-electron chi connectivity index (χ3n) is 4.38. The Hall–Kier alpha value is -1.48. The minimum absolute atomic E-state index is 0.0706. The quantitative estimate of drug-likeness (QED) is 0.812. The van der Waals surface area contributed by atoms with Gasteiger partial charge in [0.2, 0.25) is 10.0 Å². The molecule has 0 saturated carbocycles. The molecule has 0 unspecified atom stereocenters. The summed E-state index contributed by atoms with van der Waals surface area (Å²) in [5.74, 6) is -0.720. The molecule has 1 aliphatic heterocycles. The number of thiophene rings is 1. The van der Waals surface area contributed by atoms with Crippen LogP contribution in [0.1, 0.15) is 23.2 Å². The lowest BCUT2D eigenvalue weighted by atomic mass is 9.96. The molecule has 0 spiro atoms. The van der Waals surface area contributed by atoms with Crippen molar-refractivity contribution in [3.05, 3.63) is 52.1 Å². The summed E-state index contributed by atoms with van der Waals surface area (Å²) in [6.45, 7) is 1.26. The lowest BCUT2D eigenvalue weighted by Gasteiger charge is -2.32. The van der Waals surface area contributed by atoms with Gasteiger partial charge in [-0.3, -0.25) is 4.79 Å². The van der Waals surface area contributed by atoms with Gasteiger partial charge in [0.05, 0.1) is 9.90 Å². The first-order valence-electron chi connectivity index (χ1n) is 8.15. The third kappa shape index (κ3) is 4.43. The number of amides is 1. The van der Waals surface area contributed by atoms with Gasteiger partial charge in [-0.15, -0.1) is 11.3 Å². The molecule has 0 aliphatic carbocycles. The third-order valence-corrected chi connectivity index (χ3v) is 7.53. The molecule has 1 amide bonds. The van der Waals surface area contributed by atoms with Gasteiger partial charge in [0, 0.05) is 19.6 Å². The molecule has 1 aromatic carbocycles. The average molecular weight is 417 g/mol. The van der Waals surface area contributed by atoms with E-state index in [2.05, 4.69) is 4.72 Å². The van der Waals surface area contributed by atoms with Crippen LogP contribution in [-0.4, -0.2) is 38.9 Å². The van der Waals surface area contributed by atoms with Crippen molar-refractivity contribution < 1.29 is 17.6 Å². The first-order valence-corrected chi connectivity index (χ1v) is 10.8. The van der Waals surface area contributed by atoms with Gasteiger partial charge in [0.15, 0.2) is 0 Å². The number of sulfonamides is 1. The number of piperidine rings is 1. The maximum absolute atomic E-state index is 13.8. The highest BCUT2D eigenvalue weighted by Crippen LogP contribution is 2.26. The molecule has 140 valence electrons. The number of halogens is 2. The first kappa shape index (κ1) is 19.3. The van der Waals surface area contributed by atoms with Gasteiger partial charge in [-0.1, -0.05) is 23.7 Å². The van der Waals surface area contributed by atoms with Crippen molar-refractivity contribution in [1.29, 1.82) is 0 Å². The Kier molecular flexibility index (Phi) is 5.96. The van der Waals surface area contributed by atoms with Crippen LogP contribution < -0.4 is 4.72 Å². The minimum Gasteiger partial charge on any atom is -0.339 e. The molecule has 3 rings (SSSR count). The van der Waals surface area contributed by atoms with Crippen LogP contribution in [0, 0.1) is 11.7 Å². The number of nitrogens with zero attached hydrogens (tertiary/aromatic N) is 1. The average Bonchev–Trinajstić information content (AvgIpc) is 3.08. The van der Waals surface area contributed by atoms with E-state index in [1.54, 1.807) is 23.1 Å². The first-order chi connectivity index (χ1) is 12.4. The zero-order valence-electron chi connectivity index (χ0n) is 13.8. The van der Waals surface area contributed by atoms with Crippen LogP contribution in [0.15, 0.2) is 40.6 Å². The van der Waals surface area contributed by atoms with E-state index in [0.29, 0.717) is 36.8 Å². The summed E-state index contributed by atoms with van der Waals surface area (Å²) in [7, 11) is -3.56. The molecular formula is C17H18ClFN2O3S2. The highest BCUT2D eigenvalue weighted by molar-refractivity contribution is 7.91. The number of hydrogen-bond acceptors (Lipinski definition) is 4. The van der Waals surface area contributed by atoms with Crippen LogP contribution in [0.5, 0.6) is 0 Å². The summed E-state index contributed by atoms with van der Waals surface area (Å²) in [5, 5.41) is 0. The van der Waals surface area contributed by atoms with Crippen molar-refractivity contribution in [2.24, 2.45) is 5.92 Å². The second-order valence-corrected chi connectivity index (χ2v) is 9.83. The Morgan fingerprint density at radius 3 is 2.54 bits per heavy atom. The van der Waals surface area contributed by atoms with E-state index in [4.69, 9.17) is 11.6 Å². The number of carbonyl (C=O) groups is 1. The molecule has 2 heterocycles. The molecular weight excluding hydrogens is 399 g/mol. The highest BCUT2D eigenvalue weighted by Gasteiger charge is 2.26. The lowest BCUT2D eigenvalue weighted by Crippen LogP contribution is -2.41. The maximum Gasteiger partial charge on any atom is 0.256 e. The van der Waals surface area contributed by atoms with Crippen molar-refractivity contribution in [1.82, 2.24) is 9.62 Å². The van der Waals surface area contributed by atoms with E-state index in [1.807, 2.05) is 0 Å². The summed E-state index contributed by atoms with van der Waals surface area (Å²) in [4.78, 5) is 14.0. The Morgan fingerprint density at radius 2 is 1.92 bits per heavy atom. The van der Waals surface area contributed by atoms with Gasteiger partial charge in [-0.25, -0.2) is 17.5 Å². The molecule has 1 saturated heterocycles. The maximum atomic E-state index is 13.8. The van der Waals surface area contributed by atoms with Crippen molar-refractivity contribution in [3.63, 3.8) is 0 Å². The topological polar surface area (TPSA) is 66.5 Å². The fourth-order valence-electron chi connectivity index (χ4n) is 2.89. The fraction of sp³-hybridized carbons (Fsp3) is 0.353. The smallest absolute Gasteiger partial charge is 0.256 e. The van der Waals surface area contributed by atoms with Gasteiger partial charge < -0.3 is 4.90 Å². The standard InChI is InChI=1S/C17H18ClFN2O3S2/c18-15-5-6-16(25-15)26(23,24)20-11-12-7-9-21(10-8-12)17(22)13-3-1-2-4-14(13)19/h1-6,12,20H,7-11H2. The van der Waals surface area contributed by atoms with Crippen LogP contribution in [0.2, 0.25) is 4.34 Å². The molecule has 9 heteroatoms. The molecule has 0 atom stereocenters. The monoisotopic (exact) mass is 416 g/mol. The van der Waals surface area contributed by atoms with Crippen LogP contribution >= 0.6 is 22.9 Å². The zero-order chi connectivity index (χ0) is 18.7. The van der Waals surface area contributed by atoms with Crippen LogP contribution in [-0.2, 0) is 10.0 Å². The predicted octanol–water partition coefficient (Wildman–Crippen LogP) is 3.37. The number of nitrogens with one attached hydrogen (secondary N) is 1. The van der Waals surface area contributed by atoms with Gasteiger partial charge in [-0.05, 0) is 43.0 Å². The summed E-state index contributed by atoms with van der Waals surface area (Å²) >= 11 is 6.80. The van der Waals surface area contributed by atoms with Crippen molar-refractivity contribution in [2.45, 2.75) is 17.1 Å². The van der Waals surface area contributed by atoms with Crippen molar-refractivity contribution >= 4 is 38.9 Å². The molecule has 0 bridgehead atoms. The Balaban J connectivity index is 1.53. The molecule has 1 aromatic heterocycles. The number of likely N-dealkylation sites (tertiary alicyclic amines) is 1. The largest absolute Gasteiger partial charge is 0.339 e. The van der Waals surface area contributed by atoms with Gasteiger partial charge >= 0.3 is 0 Å². The van der Waals surface area contributed by atoms with Gasteiger partial charge in [-0.2, -0.15) is 0 Å². The number of rotatable bonds is 5. The molecule has 1 fully saturated rings. The predicted molar refractivity (Wildman–Crippen MR) is 99.5 cm³/mol. The molecule has 1 N–H and O–H groups in total. The Morgan fingerprint density at radius 1 is 1.23 bits per heavy atom. The van der Waals surface area contributed by atoms with Gasteiger partial charge in [0.1, 0.15) is 10.0 Å². The van der Waals surface area contributed by atoms with Crippen molar-refractivity contribution in [3.8, 4) is 0 Å². The molecule has 2 aromatic rings. The Bertz CT molecular complexity index is 893. The second kappa shape index (κ2) is 8.04. The molecule has 26 heavy (non-hydrogen) atoms. The molecule has 5 nitrogen and oxygen atoms in total. The van der Waals surface area contributed by atoms with Crippen LogP contribution in [0.3, 0.4) is 0 Å². The van der Waals surface area contributed by atoms with Crippen molar-refractivity contribution in [2.75, 3.05) is 19.6 Å². The summed E-state index contributed by atoms with van der Waals surface area (Å²) in [6.07, 6.45) is 1.32. The van der Waals surface area contributed by atoms with Crippen LogP contribution in [0.25, 0.3) is 0 Å². The van der Waals surface area contributed by atoms with E-state index in [1.165, 1.54) is 18.2 Å². The SMILES string of the molecule is O=C(c1ccccc1F)N1CCC(CNS(=O)(=O)c2ccc(Cl)s2)CC1. The number of benzene rings is 1. The lowest BCUT2D eigenvalue weighted by molar-refractivity contribution is 0.0687. The summed E-state index contributed by atoms with van der Waals surface area (Å²) in [6, 6.07) is 8.95. The Labute approximate surface area is 160 Å². The van der Waals surface area contributed by atoms with E-state index < -0.39 is 15.8 Å². The van der Waals surface area contributed by atoms with E-state index >= 15 is 0 Å². The van der Waals surface area contributed by atoms with E-state index in [0.717, 1.165) is 11.3 Å². The summed E-state index contributed by atoms with van der Waals surface area (Å²) < 4.78 is 41.4. The minimum atomic E-state index is -3.56. The summed E-state index contributed by atoms with van der Waals surface area (Å²) in [5.41, 5.74) is 0.0706. The molecule has 0 radical (unpaired) electrons. The fourth-order valence-corrected chi connectivity index (χ4v) is 5.53. The highest BCUT2D eigenvalue weighted by atomic mass is 35.5.